The molecule has 3 rings (SSSR count). The number of likely N-dealkylation sites (tertiary alicyclic amines) is 1. The molecule has 140 valence electrons. The van der Waals surface area contributed by atoms with Gasteiger partial charge in [-0.2, -0.15) is 4.31 Å². The Morgan fingerprint density at radius 1 is 1.08 bits per heavy atom. The van der Waals surface area contributed by atoms with E-state index in [4.69, 9.17) is 11.6 Å². The molecule has 1 aromatic carbocycles. The molecule has 0 radical (unpaired) electrons. The Balaban J connectivity index is 1.52. The van der Waals surface area contributed by atoms with Crippen molar-refractivity contribution in [2.24, 2.45) is 0 Å². The number of piperazine rings is 1. The van der Waals surface area contributed by atoms with Crippen LogP contribution in [-0.4, -0.2) is 74.9 Å². The van der Waals surface area contributed by atoms with Gasteiger partial charge < -0.3 is 9.80 Å². The number of piperidine rings is 1. The second-order valence-electron chi connectivity index (χ2n) is 7.10. The van der Waals surface area contributed by atoms with Crippen molar-refractivity contribution in [2.75, 3.05) is 46.3 Å². The third-order valence-electron chi connectivity index (χ3n) is 5.49. The van der Waals surface area contributed by atoms with Crippen LogP contribution in [-0.2, 0) is 10.0 Å². The van der Waals surface area contributed by atoms with Crippen LogP contribution in [0.2, 0.25) is 5.02 Å². The summed E-state index contributed by atoms with van der Waals surface area (Å²) in [5.41, 5.74) is 0. The van der Waals surface area contributed by atoms with Crippen LogP contribution in [0.5, 0.6) is 0 Å². The minimum Gasteiger partial charge on any atom is -0.303 e. The number of hydrogen-bond donors (Lipinski definition) is 0. The van der Waals surface area contributed by atoms with Gasteiger partial charge in [0.1, 0.15) is 4.90 Å². The summed E-state index contributed by atoms with van der Waals surface area (Å²) in [5, 5.41) is 0.297. The summed E-state index contributed by atoms with van der Waals surface area (Å²) in [6.07, 6.45) is 5.11. The molecule has 1 unspecified atom stereocenters. The van der Waals surface area contributed by atoms with Gasteiger partial charge in [0.2, 0.25) is 10.0 Å². The average Bonchev–Trinajstić information content (AvgIpc) is 2.61. The maximum atomic E-state index is 12.8. The minimum absolute atomic E-state index is 0.217. The third-order valence-corrected chi connectivity index (χ3v) is 7.88. The lowest BCUT2D eigenvalue weighted by molar-refractivity contribution is 0.136. The van der Waals surface area contributed by atoms with E-state index >= 15 is 0 Å². The molecule has 0 aliphatic carbocycles. The maximum Gasteiger partial charge on any atom is 0.244 e. The van der Waals surface area contributed by atoms with Crippen molar-refractivity contribution in [3.8, 4) is 0 Å². The summed E-state index contributed by atoms with van der Waals surface area (Å²) in [5.74, 6) is 0. The van der Waals surface area contributed by atoms with E-state index < -0.39 is 10.0 Å². The van der Waals surface area contributed by atoms with Gasteiger partial charge in [0, 0.05) is 32.2 Å². The summed E-state index contributed by atoms with van der Waals surface area (Å²) in [6, 6.07) is 7.37. The molecule has 0 aromatic heterocycles. The largest absolute Gasteiger partial charge is 0.303 e. The zero-order valence-electron chi connectivity index (χ0n) is 14.9. The number of hydrogen-bond acceptors (Lipinski definition) is 4. The highest BCUT2D eigenvalue weighted by molar-refractivity contribution is 7.89. The normalized spacial score (nSPS) is 24.5. The van der Waals surface area contributed by atoms with Crippen LogP contribution in [0.25, 0.3) is 0 Å². The fourth-order valence-corrected chi connectivity index (χ4v) is 5.74. The van der Waals surface area contributed by atoms with Crippen LogP contribution in [0.4, 0.5) is 0 Å². The zero-order chi connectivity index (χ0) is 17.9. The number of benzene rings is 1. The predicted molar refractivity (Wildman–Crippen MR) is 102 cm³/mol. The van der Waals surface area contributed by atoms with Gasteiger partial charge in [0.25, 0.3) is 0 Å². The van der Waals surface area contributed by atoms with Crippen LogP contribution >= 0.6 is 11.6 Å². The van der Waals surface area contributed by atoms with Gasteiger partial charge in [0.15, 0.2) is 0 Å². The highest BCUT2D eigenvalue weighted by Crippen LogP contribution is 2.25. The Kier molecular flexibility index (Phi) is 6.39. The first-order valence-electron chi connectivity index (χ1n) is 9.16. The second-order valence-corrected chi connectivity index (χ2v) is 9.41. The summed E-state index contributed by atoms with van der Waals surface area (Å²) >= 11 is 6.09. The van der Waals surface area contributed by atoms with Crippen molar-refractivity contribution in [1.82, 2.24) is 14.1 Å². The van der Waals surface area contributed by atoms with Crippen molar-refractivity contribution in [3.63, 3.8) is 0 Å². The summed E-state index contributed by atoms with van der Waals surface area (Å²) in [4.78, 5) is 5.08. The van der Waals surface area contributed by atoms with Gasteiger partial charge in [-0.05, 0) is 51.5 Å². The number of sulfonamides is 1. The first-order valence-corrected chi connectivity index (χ1v) is 11.0. The molecule has 0 amide bonds. The molecule has 2 heterocycles. The molecule has 2 aliphatic rings. The third kappa shape index (κ3) is 4.55. The molecule has 25 heavy (non-hydrogen) atoms. The predicted octanol–water partition coefficient (Wildman–Crippen LogP) is 2.52. The van der Waals surface area contributed by atoms with Crippen molar-refractivity contribution in [1.29, 1.82) is 0 Å². The second kappa shape index (κ2) is 8.35. The fourth-order valence-electron chi connectivity index (χ4n) is 3.83. The molecule has 7 heteroatoms. The molecule has 1 aromatic rings. The number of rotatable bonds is 5. The molecule has 0 N–H and O–H groups in total. The van der Waals surface area contributed by atoms with E-state index in [1.165, 1.54) is 32.2 Å². The molecule has 0 spiro atoms. The topological polar surface area (TPSA) is 43.9 Å². The summed E-state index contributed by atoms with van der Waals surface area (Å²) in [7, 11) is -1.27. The van der Waals surface area contributed by atoms with Gasteiger partial charge in [-0.3, -0.25) is 0 Å². The molecule has 5 nitrogen and oxygen atoms in total. The van der Waals surface area contributed by atoms with Crippen molar-refractivity contribution < 1.29 is 8.42 Å². The van der Waals surface area contributed by atoms with Gasteiger partial charge >= 0.3 is 0 Å². The zero-order valence-corrected chi connectivity index (χ0v) is 16.5. The van der Waals surface area contributed by atoms with E-state index in [9.17, 15) is 8.42 Å². The van der Waals surface area contributed by atoms with Crippen LogP contribution in [0.3, 0.4) is 0 Å². The van der Waals surface area contributed by atoms with Crippen LogP contribution < -0.4 is 0 Å². The highest BCUT2D eigenvalue weighted by atomic mass is 35.5. The van der Waals surface area contributed by atoms with Crippen LogP contribution in [0.1, 0.15) is 25.7 Å². The van der Waals surface area contributed by atoms with Gasteiger partial charge in [0.05, 0.1) is 5.02 Å². The van der Waals surface area contributed by atoms with E-state index in [0.717, 1.165) is 19.6 Å². The Morgan fingerprint density at radius 2 is 1.80 bits per heavy atom. The summed E-state index contributed by atoms with van der Waals surface area (Å²) < 4.78 is 27.1. The summed E-state index contributed by atoms with van der Waals surface area (Å²) in [6.45, 7) is 4.91. The SMILES string of the molecule is CN1CCCCC1CCN1CCN(S(=O)(=O)c2ccccc2Cl)CC1. The van der Waals surface area contributed by atoms with E-state index in [-0.39, 0.29) is 4.90 Å². The quantitative estimate of drug-likeness (QED) is 0.781. The van der Waals surface area contributed by atoms with Gasteiger partial charge in [-0.1, -0.05) is 30.2 Å². The lowest BCUT2D eigenvalue weighted by atomic mass is 10.00. The Hall–Kier alpha value is -0.660. The Bertz CT molecular complexity index is 675. The standard InChI is InChI=1S/C18H28ClN3O2S/c1-20-10-5-4-6-16(20)9-11-21-12-14-22(15-13-21)25(23,24)18-8-3-2-7-17(18)19/h2-3,7-8,16H,4-6,9-15H2,1H3. The van der Waals surface area contributed by atoms with Crippen LogP contribution in [0.15, 0.2) is 29.2 Å². The monoisotopic (exact) mass is 385 g/mol. The molecule has 2 saturated heterocycles. The van der Waals surface area contributed by atoms with Crippen molar-refractivity contribution in [2.45, 2.75) is 36.6 Å². The molecule has 1 atom stereocenters. The van der Waals surface area contributed by atoms with Gasteiger partial charge in [-0.15, -0.1) is 0 Å². The van der Waals surface area contributed by atoms with Gasteiger partial charge in [-0.25, -0.2) is 8.42 Å². The molecule has 0 saturated carbocycles. The Labute approximate surface area is 156 Å². The molecule has 2 fully saturated rings. The molecule has 0 bridgehead atoms. The van der Waals surface area contributed by atoms with Crippen LogP contribution in [0, 0.1) is 0 Å². The molecular weight excluding hydrogens is 358 g/mol. The smallest absolute Gasteiger partial charge is 0.244 e. The van der Waals surface area contributed by atoms with E-state index in [1.807, 2.05) is 0 Å². The van der Waals surface area contributed by atoms with E-state index in [1.54, 1.807) is 28.6 Å². The van der Waals surface area contributed by atoms with Crippen molar-refractivity contribution >= 4 is 21.6 Å². The van der Waals surface area contributed by atoms with Crippen molar-refractivity contribution in [3.05, 3.63) is 29.3 Å². The first kappa shape index (κ1) is 19.1. The first-order chi connectivity index (χ1) is 12.0. The molecular formula is C18H28ClN3O2S. The van der Waals surface area contributed by atoms with E-state index in [2.05, 4.69) is 16.8 Å². The van der Waals surface area contributed by atoms with E-state index in [0.29, 0.717) is 24.2 Å². The number of nitrogens with zero attached hydrogens (tertiary/aromatic N) is 3. The maximum absolute atomic E-state index is 12.8. The lowest BCUT2D eigenvalue weighted by Gasteiger charge is -2.37. The lowest BCUT2D eigenvalue weighted by Crippen LogP contribution is -2.49. The average molecular weight is 386 g/mol. The Morgan fingerprint density at radius 3 is 2.48 bits per heavy atom. The minimum atomic E-state index is -3.49. The number of halogens is 1. The highest BCUT2D eigenvalue weighted by Gasteiger charge is 2.30. The fraction of sp³-hybridized carbons (Fsp3) is 0.667. The molecule has 2 aliphatic heterocycles.